The van der Waals surface area contributed by atoms with Crippen LogP contribution >= 0.6 is 0 Å². The van der Waals surface area contributed by atoms with Crippen LogP contribution in [0.4, 0.5) is 5.82 Å². The molecule has 0 aromatic carbocycles. The maximum atomic E-state index is 11.5. The molecule has 1 aliphatic heterocycles. The van der Waals surface area contributed by atoms with Gasteiger partial charge in [0.1, 0.15) is 5.82 Å². The van der Waals surface area contributed by atoms with Crippen LogP contribution in [0.15, 0.2) is 12.1 Å². The quantitative estimate of drug-likeness (QED) is 0.861. The molecule has 0 bridgehead atoms. The van der Waals surface area contributed by atoms with Crippen molar-refractivity contribution >= 4 is 15.8 Å². The van der Waals surface area contributed by atoms with E-state index in [-0.39, 0.29) is 0 Å². The monoisotopic (exact) mass is 312 g/mol. The van der Waals surface area contributed by atoms with Crippen molar-refractivity contribution in [3.63, 3.8) is 0 Å². The maximum absolute atomic E-state index is 11.5. The van der Waals surface area contributed by atoms with Gasteiger partial charge in [0.15, 0.2) is 0 Å². The minimum Gasteiger partial charge on any atom is -0.354 e. The van der Waals surface area contributed by atoms with Crippen LogP contribution in [0.1, 0.15) is 18.2 Å². The first-order valence-corrected chi connectivity index (χ1v) is 9.14. The van der Waals surface area contributed by atoms with Crippen molar-refractivity contribution in [2.75, 3.05) is 43.9 Å². The SMILES string of the molecule is CCNCc1ccc(N2CCN(S(C)(=O)=O)CC2)nc1C. The molecule has 21 heavy (non-hydrogen) atoms. The Morgan fingerprint density at radius 1 is 1.24 bits per heavy atom. The fraction of sp³-hybridized carbons (Fsp3) is 0.643. The van der Waals surface area contributed by atoms with E-state index < -0.39 is 10.0 Å². The third kappa shape index (κ3) is 4.15. The predicted molar refractivity (Wildman–Crippen MR) is 85.0 cm³/mol. The molecule has 1 aliphatic rings. The zero-order valence-corrected chi connectivity index (χ0v) is 13.8. The summed E-state index contributed by atoms with van der Waals surface area (Å²) >= 11 is 0. The summed E-state index contributed by atoms with van der Waals surface area (Å²) in [5.74, 6) is 0.931. The van der Waals surface area contributed by atoms with Gasteiger partial charge in [0.25, 0.3) is 0 Å². The van der Waals surface area contributed by atoms with Crippen LogP contribution in [0.5, 0.6) is 0 Å². The first kappa shape index (κ1) is 16.2. The molecule has 0 atom stereocenters. The highest BCUT2D eigenvalue weighted by atomic mass is 32.2. The van der Waals surface area contributed by atoms with Crippen molar-refractivity contribution in [2.24, 2.45) is 0 Å². The van der Waals surface area contributed by atoms with E-state index in [4.69, 9.17) is 0 Å². The fourth-order valence-corrected chi connectivity index (χ4v) is 3.27. The Labute approximate surface area is 127 Å². The largest absolute Gasteiger partial charge is 0.354 e. The van der Waals surface area contributed by atoms with Gasteiger partial charge in [-0.2, -0.15) is 4.31 Å². The van der Waals surface area contributed by atoms with Crippen molar-refractivity contribution in [3.8, 4) is 0 Å². The highest BCUT2D eigenvalue weighted by molar-refractivity contribution is 7.88. The number of sulfonamides is 1. The lowest BCUT2D eigenvalue weighted by atomic mass is 10.2. The Kier molecular flexibility index (Phi) is 5.18. The van der Waals surface area contributed by atoms with Gasteiger partial charge in [-0.1, -0.05) is 13.0 Å². The molecule has 1 aromatic rings. The normalized spacial score (nSPS) is 17.2. The summed E-state index contributed by atoms with van der Waals surface area (Å²) in [6.07, 6.45) is 1.26. The van der Waals surface area contributed by atoms with Crippen LogP contribution < -0.4 is 10.2 Å². The molecule has 0 unspecified atom stereocenters. The fourth-order valence-electron chi connectivity index (χ4n) is 2.45. The van der Waals surface area contributed by atoms with Gasteiger partial charge in [0.2, 0.25) is 10.0 Å². The predicted octanol–water partition coefficient (Wildman–Crippen LogP) is 0.581. The van der Waals surface area contributed by atoms with Gasteiger partial charge < -0.3 is 10.2 Å². The summed E-state index contributed by atoms with van der Waals surface area (Å²) in [4.78, 5) is 6.80. The number of hydrogen-bond acceptors (Lipinski definition) is 5. The summed E-state index contributed by atoms with van der Waals surface area (Å²) in [5.41, 5.74) is 2.23. The molecular formula is C14H24N4O2S. The van der Waals surface area contributed by atoms with Crippen LogP contribution in [0.3, 0.4) is 0 Å². The summed E-state index contributed by atoms with van der Waals surface area (Å²) in [5, 5.41) is 3.30. The van der Waals surface area contributed by atoms with Crippen molar-refractivity contribution in [1.29, 1.82) is 0 Å². The van der Waals surface area contributed by atoms with Crippen molar-refractivity contribution < 1.29 is 8.42 Å². The molecule has 0 spiro atoms. The van der Waals surface area contributed by atoms with E-state index in [1.165, 1.54) is 16.1 Å². The summed E-state index contributed by atoms with van der Waals surface area (Å²) < 4.78 is 24.6. The first-order valence-electron chi connectivity index (χ1n) is 7.29. The molecule has 6 nitrogen and oxygen atoms in total. The van der Waals surface area contributed by atoms with Crippen LogP contribution in [0, 0.1) is 6.92 Å². The van der Waals surface area contributed by atoms with Gasteiger partial charge in [0, 0.05) is 38.4 Å². The molecular weight excluding hydrogens is 288 g/mol. The minimum absolute atomic E-state index is 0.526. The number of piperazine rings is 1. The number of anilines is 1. The Bertz CT molecular complexity index is 581. The summed E-state index contributed by atoms with van der Waals surface area (Å²) in [6.45, 7) is 8.29. The van der Waals surface area contributed by atoms with Crippen molar-refractivity contribution in [3.05, 3.63) is 23.4 Å². The second-order valence-electron chi connectivity index (χ2n) is 5.34. The number of nitrogens with one attached hydrogen (secondary N) is 1. The number of aromatic nitrogens is 1. The van der Waals surface area contributed by atoms with Gasteiger partial charge >= 0.3 is 0 Å². The van der Waals surface area contributed by atoms with Gasteiger partial charge in [-0.25, -0.2) is 13.4 Å². The molecule has 2 heterocycles. The third-order valence-electron chi connectivity index (χ3n) is 3.78. The van der Waals surface area contributed by atoms with Gasteiger partial charge in [-0.3, -0.25) is 0 Å². The zero-order chi connectivity index (χ0) is 15.5. The van der Waals surface area contributed by atoms with E-state index in [2.05, 4.69) is 28.2 Å². The Morgan fingerprint density at radius 3 is 2.43 bits per heavy atom. The van der Waals surface area contributed by atoms with Crippen LogP contribution in [-0.4, -0.2) is 56.7 Å². The second-order valence-corrected chi connectivity index (χ2v) is 7.33. The van der Waals surface area contributed by atoms with Crippen LogP contribution in [0.2, 0.25) is 0 Å². The molecule has 1 saturated heterocycles. The lowest BCUT2D eigenvalue weighted by molar-refractivity contribution is 0.387. The highest BCUT2D eigenvalue weighted by Crippen LogP contribution is 2.17. The summed E-state index contributed by atoms with van der Waals surface area (Å²) in [6, 6.07) is 4.12. The van der Waals surface area contributed by atoms with E-state index in [9.17, 15) is 8.42 Å². The summed E-state index contributed by atoms with van der Waals surface area (Å²) in [7, 11) is -3.08. The first-order chi connectivity index (χ1) is 9.91. The minimum atomic E-state index is -3.08. The Balaban J connectivity index is 2.02. The smallest absolute Gasteiger partial charge is 0.211 e. The molecule has 1 fully saturated rings. The van der Waals surface area contributed by atoms with E-state index in [0.717, 1.165) is 24.6 Å². The molecule has 118 valence electrons. The van der Waals surface area contributed by atoms with E-state index in [1.807, 2.05) is 13.0 Å². The van der Waals surface area contributed by atoms with Crippen LogP contribution in [-0.2, 0) is 16.6 Å². The molecule has 0 amide bonds. The molecule has 2 rings (SSSR count). The lowest BCUT2D eigenvalue weighted by Crippen LogP contribution is -2.48. The zero-order valence-electron chi connectivity index (χ0n) is 13.0. The molecule has 7 heteroatoms. The molecule has 0 radical (unpaired) electrons. The molecule has 1 aromatic heterocycles. The molecule has 0 aliphatic carbocycles. The van der Waals surface area contributed by atoms with E-state index >= 15 is 0 Å². The van der Waals surface area contributed by atoms with E-state index in [0.29, 0.717) is 26.2 Å². The molecule has 0 saturated carbocycles. The van der Waals surface area contributed by atoms with Gasteiger partial charge in [-0.15, -0.1) is 0 Å². The van der Waals surface area contributed by atoms with Crippen LogP contribution in [0.25, 0.3) is 0 Å². The maximum Gasteiger partial charge on any atom is 0.211 e. The average molecular weight is 312 g/mol. The Hall–Kier alpha value is -1.18. The number of pyridine rings is 1. The number of aryl methyl sites for hydroxylation is 1. The lowest BCUT2D eigenvalue weighted by Gasteiger charge is -2.34. The number of hydrogen-bond donors (Lipinski definition) is 1. The number of nitrogens with zero attached hydrogens (tertiary/aromatic N) is 3. The topological polar surface area (TPSA) is 65.5 Å². The van der Waals surface area contributed by atoms with Gasteiger partial charge in [0.05, 0.1) is 6.26 Å². The second kappa shape index (κ2) is 6.72. The van der Waals surface area contributed by atoms with Crippen molar-refractivity contribution in [1.82, 2.24) is 14.6 Å². The number of rotatable bonds is 5. The third-order valence-corrected chi connectivity index (χ3v) is 5.08. The molecule has 1 N–H and O–H groups in total. The Morgan fingerprint density at radius 2 is 1.90 bits per heavy atom. The van der Waals surface area contributed by atoms with E-state index in [1.54, 1.807) is 0 Å². The highest BCUT2D eigenvalue weighted by Gasteiger charge is 2.24. The van der Waals surface area contributed by atoms with Gasteiger partial charge in [-0.05, 0) is 25.1 Å². The average Bonchev–Trinajstić information content (AvgIpc) is 2.45. The standard InChI is InChI=1S/C14H24N4O2S/c1-4-15-11-13-5-6-14(16-12(13)2)17-7-9-18(10-8-17)21(3,19)20/h5-6,15H,4,7-11H2,1-3H3. The van der Waals surface area contributed by atoms with Crippen molar-refractivity contribution in [2.45, 2.75) is 20.4 Å².